The van der Waals surface area contributed by atoms with E-state index in [9.17, 15) is 0 Å². The summed E-state index contributed by atoms with van der Waals surface area (Å²) < 4.78 is 2.17. The van der Waals surface area contributed by atoms with Crippen LogP contribution in [0.5, 0.6) is 0 Å². The van der Waals surface area contributed by atoms with Crippen molar-refractivity contribution in [1.82, 2.24) is 4.57 Å². The Bertz CT molecular complexity index is 509. The van der Waals surface area contributed by atoms with Crippen molar-refractivity contribution in [2.45, 2.75) is 20.4 Å². The van der Waals surface area contributed by atoms with Gasteiger partial charge in [0.25, 0.3) is 0 Å². The highest BCUT2D eigenvalue weighted by Crippen LogP contribution is 2.16. The first kappa shape index (κ1) is 8.90. The topological polar surface area (TPSA) is 4.93 Å². The third-order valence-electron chi connectivity index (χ3n) is 2.35. The van der Waals surface area contributed by atoms with Gasteiger partial charge in [0.15, 0.2) is 0 Å². The average molecular weight is 183 g/mol. The van der Waals surface area contributed by atoms with Gasteiger partial charge < -0.3 is 4.57 Å². The zero-order valence-electron chi connectivity index (χ0n) is 8.54. The molecule has 0 spiro atoms. The summed E-state index contributed by atoms with van der Waals surface area (Å²) >= 11 is 0. The van der Waals surface area contributed by atoms with E-state index in [1.54, 1.807) is 0 Å². The Morgan fingerprint density at radius 2 is 2.14 bits per heavy atom. The third kappa shape index (κ3) is 1.52. The van der Waals surface area contributed by atoms with E-state index in [4.69, 9.17) is 0 Å². The molecule has 0 N–H and O–H groups in total. The lowest BCUT2D eigenvalue weighted by Crippen LogP contribution is -1.92. The van der Waals surface area contributed by atoms with Crippen molar-refractivity contribution in [1.29, 1.82) is 0 Å². The average Bonchev–Trinajstić information content (AvgIpc) is 2.57. The van der Waals surface area contributed by atoms with Crippen molar-refractivity contribution in [3.05, 3.63) is 36.0 Å². The molecular formula is C13H13N. The highest BCUT2D eigenvalue weighted by Gasteiger charge is 1.98. The van der Waals surface area contributed by atoms with Gasteiger partial charge >= 0.3 is 0 Å². The first-order valence-corrected chi connectivity index (χ1v) is 4.76. The summed E-state index contributed by atoms with van der Waals surface area (Å²) in [4.78, 5) is 0. The second-order valence-corrected chi connectivity index (χ2v) is 3.43. The van der Waals surface area contributed by atoms with Crippen LogP contribution in [-0.2, 0) is 6.54 Å². The van der Waals surface area contributed by atoms with Gasteiger partial charge in [-0.15, -0.1) is 5.92 Å². The van der Waals surface area contributed by atoms with E-state index in [1.807, 2.05) is 6.92 Å². The first-order valence-electron chi connectivity index (χ1n) is 4.76. The molecule has 70 valence electrons. The van der Waals surface area contributed by atoms with Gasteiger partial charge in [-0.25, -0.2) is 0 Å². The van der Waals surface area contributed by atoms with Gasteiger partial charge in [0.1, 0.15) is 0 Å². The fourth-order valence-corrected chi connectivity index (χ4v) is 1.62. The molecule has 14 heavy (non-hydrogen) atoms. The lowest BCUT2D eigenvalue weighted by molar-refractivity contribution is 0.885. The summed E-state index contributed by atoms with van der Waals surface area (Å²) in [6, 6.07) is 8.63. The number of hydrogen-bond donors (Lipinski definition) is 0. The smallest absolute Gasteiger partial charge is 0.0837 e. The Labute approximate surface area is 84.4 Å². The molecule has 0 radical (unpaired) electrons. The second-order valence-electron chi connectivity index (χ2n) is 3.43. The van der Waals surface area contributed by atoms with E-state index < -0.39 is 0 Å². The van der Waals surface area contributed by atoms with Gasteiger partial charge in [-0.3, -0.25) is 0 Å². The Hall–Kier alpha value is -1.68. The van der Waals surface area contributed by atoms with E-state index in [0.29, 0.717) is 0 Å². The Morgan fingerprint density at radius 3 is 2.93 bits per heavy atom. The second kappa shape index (κ2) is 3.59. The molecule has 1 aromatic heterocycles. The van der Waals surface area contributed by atoms with Gasteiger partial charge in [-0.2, -0.15) is 0 Å². The maximum absolute atomic E-state index is 3.07. The monoisotopic (exact) mass is 183 g/mol. The quantitative estimate of drug-likeness (QED) is 0.599. The molecule has 0 amide bonds. The Morgan fingerprint density at radius 1 is 1.29 bits per heavy atom. The molecule has 0 saturated carbocycles. The SMILES string of the molecule is CC#CCn1ccc2cc(C)ccc21. The summed E-state index contributed by atoms with van der Waals surface area (Å²) in [5.74, 6) is 5.98. The highest BCUT2D eigenvalue weighted by atomic mass is 14.9. The molecule has 1 heterocycles. The zero-order valence-corrected chi connectivity index (χ0v) is 8.54. The molecule has 0 unspecified atom stereocenters. The molecule has 1 nitrogen and oxygen atoms in total. The lowest BCUT2D eigenvalue weighted by atomic mass is 10.2. The number of nitrogens with zero attached hydrogens (tertiary/aromatic N) is 1. The predicted molar refractivity (Wildman–Crippen MR) is 60.1 cm³/mol. The summed E-state index contributed by atoms with van der Waals surface area (Å²) in [7, 11) is 0. The van der Waals surface area contributed by atoms with Gasteiger partial charge in [0.05, 0.1) is 6.54 Å². The van der Waals surface area contributed by atoms with E-state index in [-0.39, 0.29) is 0 Å². The maximum atomic E-state index is 3.07. The Kier molecular flexibility index (Phi) is 2.28. The van der Waals surface area contributed by atoms with Gasteiger partial charge in [-0.1, -0.05) is 17.6 Å². The number of rotatable bonds is 1. The fourth-order valence-electron chi connectivity index (χ4n) is 1.62. The van der Waals surface area contributed by atoms with Crippen LogP contribution in [0.2, 0.25) is 0 Å². The van der Waals surface area contributed by atoms with E-state index in [0.717, 1.165) is 6.54 Å². The minimum absolute atomic E-state index is 0.781. The maximum Gasteiger partial charge on any atom is 0.0837 e. The van der Waals surface area contributed by atoms with Crippen LogP contribution in [0.4, 0.5) is 0 Å². The number of aryl methyl sites for hydroxylation is 1. The molecule has 0 aliphatic heterocycles. The molecule has 0 aliphatic carbocycles. The van der Waals surface area contributed by atoms with Crippen LogP contribution in [0.1, 0.15) is 12.5 Å². The van der Waals surface area contributed by atoms with Crippen molar-refractivity contribution in [3.63, 3.8) is 0 Å². The molecule has 0 fully saturated rings. The molecular weight excluding hydrogens is 170 g/mol. The molecule has 0 bridgehead atoms. The van der Waals surface area contributed by atoms with Crippen molar-refractivity contribution >= 4 is 10.9 Å². The Balaban J connectivity index is 2.51. The lowest BCUT2D eigenvalue weighted by Gasteiger charge is -1.99. The van der Waals surface area contributed by atoms with Crippen LogP contribution in [0.25, 0.3) is 10.9 Å². The van der Waals surface area contributed by atoms with Crippen LogP contribution < -0.4 is 0 Å². The summed E-state index contributed by atoms with van der Waals surface area (Å²) in [6.45, 7) is 4.77. The first-order chi connectivity index (χ1) is 6.81. The third-order valence-corrected chi connectivity index (χ3v) is 2.35. The standard InChI is InChI=1S/C13H13N/c1-3-4-8-14-9-7-12-10-11(2)5-6-13(12)14/h5-7,9-10H,8H2,1-2H3. The van der Waals surface area contributed by atoms with Gasteiger partial charge in [0, 0.05) is 11.7 Å². The highest BCUT2D eigenvalue weighted by molar-refractivity contribution is 5.80. The number of fused-ring (bicyclic) bond motifs is 1. The number of hydrogen-bond acceptors (Lipinski definition) is 0. The molecule has 0 saturated heterocycles. The summed E-state index contributed by atoms with van der Waals surface area (Å²) in [5, 5.41) is 1.29. The molecule has 0 aliphatic rings. The van der Waals surface area contributed by atoms with E-state index in [1.165, 1.54) is 16.5 Å². The van der Waals surface area contributed by atoms with Crippen molar-refractivity contribution in [2.75, 3.05) is 0 Å². The molecule has 0 atom stereocenters. The molecule has 1 aromatic carbocycles. The van der Waals surface area contributed by atoms with Crippen molar-refractivity contribution in [3.8, 4) is 11.8 Å². The summed E-state index contributed by atoms with van der Waals surface area (Å²) in [6.07, 6.45) is 2.09. The van der Waals surface area contributed by atoms with Crippen LogP contribution in [-0.4, -0.2) is 4.57 Å². The van der Waals surface area contributed by atoms with Crippen LogP contribution in [0.15, 0.2) is 30.5 Å². The molecule has 2 rings (SSSR count). The predicted octanol–water partition coefficient (Wildman–Crippen LogP) is 2.97. The van der Waals surface area contributed by atoms with Crippen LogP contribution in [0, 0.1) is 18.8 Å². The fraction of sp³-hybridized carbons (Fsp3) is 0.231. The number of aromatic nitrogens is 1. The van der Waals surface area contributed by atoms with Gasteiger partial charge in [0.2, 0.25) is 0 Å². The zero-order chi connectivity index (χ0) is 9.97. The minimum Gasteiger partial charge on any atom is -0.336 e. The molecule has 1 heteroatoms. The summed E-state index contributed by atoms with van der Waals surface area (Å²) in [5.41, 5.74) is 2.56. The normalized spacial score (nSPS) is 9.86. The van der Waals surface area contributed by atoms with Gasteiger partial charge in [-0.05, 0) is 37.4 Å². The van der Waals surface area contributed by atoms with Crippen molar-refractivity contribution in [2.24, 2.45) is 0 Å². The minimum atomic E-state index is 0.781. The number of benzene rings is 1. The van der Waals surface area contributed by atoms with Crippen molar-refractivity contribution < 1.29 is 0 Å². The van der Waals surface area contributed by atoms with E-state index >= 15 is 0 Å². The molecule has 2 aromatic rings. The van der Waals surface area contributed by atoms with E-state index in [2.05, 4.69) is 53.8 Å². The largest absolute Gasteiger partial charge is 0.336 e. The van der Waals surface area contributed by atoms with Crippen LogP contribution in [0.3, 0.4) is 0 Å². The van der Waals surface area contributed by atoms with Crippen LogP contribution >= 0.6 is 0 Å².